The topological polar surface area (TPSA) is 46.5 Å². The van der Waals surface area contributed by atoms with E-state index in [0.29, 0.717) is 18.6 Å². The van der Waals surface area contributed by atoms with Crippen molar-refractivity contribution in [1.82, 2.24) is 0 Å². The molecule has 0 aromatic heterocycles. The van der Waals surface area contributed by atoms with Crippen molar-refractivity contribution in [2.75, 3.05) is 13.2 Å². The van der Waals surface area contributed by atoms with E-state index in [1.807, 2.05) is 6.07 Å². The molecular weight excluding hydrogens is 260 g/mol. The Morgan fingerprint density at radius 1 is 1.47 bits per heavy atom. The lowest BCUT2D eigenvalue weighted by molar-refractivity contribution is 0.0526. The number of benzene rings is 1. The molecule has 0 heterocycles. The minimum atomic E-state index is -0.335. The van der Waals surface area contributed by atoms with Gasteiger partial charge in [0.15, 0.2) is 0 Å². The maximum absolute atomic E-state index is 11.4. The number of carbonyl (C=O) groups is 1. The Hall–Kier alpha value is -0.870. The SMILES string of the molecule is CCOC(=O)c1cc(Br)cc(CCO)c1. The second-order valence-electron chi connectivity index (χ2n) is 3.04. The molecule has 0 bridgehead atoms. The summed E-state index contributed by atoms with van der Waals surface area (Å²) in [5, 5.41) is 8.81. The van der Waals surface area contributed by atoms with E-state index in [1.165, 1.54) is 0 Å². The van der Waals surface area contributed by atoms with Crippen molar-refractivity contribution >= 4 is 21.9 Å². The van der Waals surface area contributed by atoms with Crippen LogP contribution in [0.1, 0.15) is 22.8 Å². The molecule has 0 amide bonds. The molecule has 0 saturated carbocycles. The number of esters is 1. The highest BCUT2D eigenvalue weighted by Crippen LogP contribution is 2.17. The van der Waals surface area contributed by atoms with Crippen molar-refractivity contribution in [2.24, 2.45) is 0 Å². The molecule has 0 atom stereocenters. The molecule has 3 nitrogen and oxygen atoms in total. The van der Waals surface area contributed by atoms with Gasteiger partial charge in [-0.2, -0.15) is 0 Å². The predicted octanol–water partition coefficient (Wildman–Crippen LogP) is 2.16. The highest BCUT2D eigenvalue weighted by molar-refractivity contribution is 9.10. The smallest absolute Gasteiger partial charge is 0.338 e. The second kappa shape index (κ2) is 5.88. The summed E-state index contributed by atoms with van der Waals surface area (Å²) < 4.78 is 5.71. The Kier molecular flexibility index (Phi) is 4.78. The van der Waals surface area contributed by atoms with Gasteiger partial charge < -0.3 is 9.84 Å². The van der Waals surface area contributed by atoms with Gasteiger partial charge in [0, 0.05) is 11.1 Å². The zero-order valence-corrected chi connectivity index (χ0v) is 10.1. The highest BCUT2D eigenvalue weighted by atomic mass is 79.9. The number of hydrogen-bond donors (Lipinski definition) is 1. The molecule has 0 fully saturated rings. The van der Waals surface area contributed by atoms with Gasteiger partial charge in [0.2, 0.25) is 0 Å². The Morgan fingerprint density at radius 3 is 2.80 bits per heavy atom. The van der Waals surface area contributed by atoms with Gasteiger partial charge in [-0.25, -0.2) is 4.79 Å². The van der Waals surface area contributed by atoms with Gasteiger partial charge in [0.05, 0.1) is 12.2 Å². The molecule has 4 heteroatoms. The Morgan fingerprint density at radius 2 is 2.20 bits per heavy atom. The second-order valence-corrected chi connectivity index (χ2v) is 3.96. The van der Waals surface area contributed by atoms with Crippen LogP contribution in [-0.2, 0) is 11.2 Å². The zero-order valence-electron chi connectivity index (χ0n) is 8.50. The highest BCUT2D eigenvalue weighted by Gasteiger charge is 2.08. The molecule has 0 unspecified atom stereocenters. The van der Waals surface area contributed by atoms with Crippen molar-refractivity contribution < 1.29 is 14.6 Å². The summed E-state index contributed by atoms with van der Waals surface area (Å²) in [7, 11) is 0. The van der Waals surface area contributed by atoms with Crippen LogP contribution in [0.15, 0.2) is 22.7 Å². The van der Waals surface area contributed by atoms with E-state index in [-0.39, 0.29) is 12.6 Å². The van der Waals surface area contributed by atoms with E-state index in [4.69, 9.17) is 9.84 Å². The number of hydrogen-bond acceptors (Lipinski definition) is 3. The van der Waals surface area contributed by atoms with Crippen LogP contribution in [0.25, 0.3) is 0 Å². The van der Waals surface area contributed by atoms with Gasteiger partial charge in [-0.15, -0.1) is 0 Å². The minimum Gasteiger partial charge on any atom is -0.462 e. The first-order valence-corrected chi connectivity index (χ1v) is 5.54. The van der Waals surface area contributed by atoms with Crippen molar-refractivity contribution in [2.45, 2.75) is 13.3 Å². The van der Waals surface area contributed by atoms with Crippen LogP contribution >= 0.6 is 15.9 Å². The van der Waals surface area contributed by atoms with Crippen molar-refractivity contribution in [3.8, 4) is 0 Å². The number of rotatable bonds is 4. The molecule has 0 aliphatic rings. The van der Waals surface area contributed by atoms with Crippen molar-refractivity contribution in [1.29, 1.82) is 0 Å². The fraction of sp³-hybridized carbons (Fsp3) is 0.364. The van der Waals surface area contributed by atoms with Crippen LogP contribution in [0.5, 0.6) is 0 Å². The predicted molar refractivity (Wildman–Crippen MR) is 60.9 cm³/mol. The fourth-order valence-corrected chi connectivity index (χ4v) is 1.80. The third kappa shape index (κ3) is 3.64. The molecule has 0 aliphatic heterocycles. The van der Waals surface area contributed by atoms with Crippen LogP contribution in [0, 0.1) is 0 Å². The van der Waals surface area contributed by atoms with Crippen molar-refractivity contribution in [3.05, 3.63) is 33.8 Å². The van der Waals surface area contributed by atoms with Gasteiger partial charge >= 0.3 is 5.97 Å². The van der Waals surface area contributed by atoms with E-state index >= 15 is 0 Å². The lowest BCUT2D eigenvalue weighted by Gasteiger charge is -2.05. The third-order valence-corrected chi connectivity index (χ3v) is 2.33. The first-order chi connectivity index (χ1) is 7.17. The fourth-order valence-electron chi connectivity index (χ4n) is 1.26. The molecule has 1 aromatic carbocycles. The number of aliphatic hydroxyl groups is 1. The Labute approximate surface area is 97.2 Å². The number of aliphatic hydroxyl groups excluding tert-OH is 1. The van der Waals surface area contributed by atoms with Crippen molar-refractivity contribution in [3.63, 3.8) is 0 Å². The van der Waals surface area contributed by atoms with Crippen LogP contribution in [0.3, 0.4) is 0 Å². The minimum absolute atomic E-state index is 0.0682. The molecule has 1 aromatic rings. The third-order valence-electron chi connectivity index (χ3n) is 1.87. The molecule has 82 valence electrons. The standard InChI is InChI=1S/C11H13BrO3/c1-2-15-11(14)9-5-8(3-4-13)6-10(12)7-9/h5-7,13H,2-4H2,1H3. The van der Waals surface area contributed by atoms with Gasteiger partial charge in [-0.3, -0.25) is 0 Å². The number of carbonyl (C=O) groups excluding carboxylic acids is 1. The molecular formula is C11H13BrO3. The summed E-state index contributed by atoms with van der Waals surface area (Å²) in [5.41, 5.74) is 1.42. The molecule has 0 spiro atoms. The van der Waals surface area contributed by atoms with E-state index in [0.717, 1.165) is 10.0 Å². The monoisotopic (exact) mass is 272 g/mol. The molecule has 0 aliphatic carbocycles. The lowest BCUT2D eigenvalue weighted by atomic mass is 10.1. The summed E-state index contributed by atoms with van der Waals surface area (Å²) in [6, 6.07) is 5.32. The van der Waals surface area contributed by atoms with E-state index in [2.05, 4.69) is 15.9 Å². The average molecular weight is 273 g/mol. The van der Waals surface area contributed by atoms with E-state index in [9.17, 15) is 4.79 Å². The maximum Gasteiger partial charge on any atom is 0.338 e. The van der Waals surface area contributed by atoms with Gasteiger partial charge in [-0.1, -0.05) is 15.9 Å². The maximum atomic E-state index is 11.4. The summed E-state index contributed by atoms with van der Waals surface area (Å²) in [4.78, 5) is 11.4. The molecule has 15 heavy (non-hydrogen) atoms. The molecule has 0 radical (unpaired) electrons. The molecule has 1 N–H and O–H groups in total. The van der Waals surface area contributed by atoms with Gasteiger partial charge in [0.25, 0.3) is 0 Å². The van der Waals surface area contributed by atoms with Gasteiger partial charge in [-0.05, 0) is 37.1 Å². The van der Waals surface area contributed by atoms with E-state index in [1.54, 1.807) is 19.1 Å². The summed E-state index contributed by atoms with van der Waals surface area (Å²) >= 11 is 3.31. The molecule has 1 rings (SSSR count). The van der Waals surface area contributed by atoms with Crippen LogP contribution in [0.4, 0.5) is 0 Å². The first kappa shape index (κ1) is 12.2. The number of halogens is 1. The number of ether oxygens (including phenoxy) is 1. The zero-order chi connectivity index (χ0) is 11.3. The average Bonchev–Trinajstić information content (AvgIpc) is 2.17. The Bertz CT molecular complexity index is 350. The lowest BCUT2D eigenvalue weighted by Crippen LogP contribution is -2.05. The van der Waals surface area contributed by atoms with Crippen LogP contribution < -0.4 is 0 Å². The normalized spacial score (nSPS) is 10.1. The first-order valence-electron chi connectivity index (χ1n) is 4.74. The summed E-state index contributed by atoms with van der Waals surface area (Å²) in [6.07, 6.45) is 0.534. The molecule has 0 saturated heterocycles. The van der Waals surface area contributed by atoms with E-state index < -0.39 is 0 Å². The Balaban J connectivity index is 2.92. The van der Waals surface area contributed by atoms with Crippen LogP contribution in [0.2, 0.25) is 0 Å². The van der Waals surface area contributed by atoms with Gasteiger partial charge in [0.1, 0.15) is 0 Å². The quantitative estimate of drug-likeness (QED) is 0.855. The summed E-state index contributed by atoms with van der Waals surface area (Å²) in [5.74, 6) is -0.335. The summed E-state index contributed by atoms with van der Waals surface area (Å²) in [6.45, 7) is 2.20. The van der Waals surface area contributed by atoms with Crippen LogP contribution in [-0.4, -0.2) is 24.3 Å². The largest absolute Gasteiger partial charge is 0.462 e.